The van der Waals surface area contributed by atoms with E-state index in [-0.39, 0.29) is 6.04 Å². The van der Waals surface area contributed by atoms with Gasteiger partial charge in [0.2, 0.25) is 0 Å². The lowest BCUT2D eigenvalue weighted by molar-refractivity contribution is 0.0891. The lowest BCUT2D eigenvalue weighted by atomic mass is 9.74. The van der Waals surface area contributed by atoms with E-state index in [1.165, 1.54) is 5.57 Å². The van der Waals surface area contributed by atoms with Gasteiger partial charge in [-0.05, 0) is 67.1 Å². The normalized spacial score (nSPS) is 48.3. The molecule has 0 aromatic carbocycles. The van der Waals surface area contributed by atoms with Gasteiger partial charge in [-0.1, -0.05) is 0 Å². The second-order valence-electron chi connectivity index (χ2n) is 8.60. The van der Waals surface area contributed by atoms with Gasteiger partial charge in [0.05, 0.1) is 0 Å². The van der Waals surface area contributed by atoms with Crippen LogP contribution in [0.25, 0.3) is 0 Å². The number of rotatable bonds is 1. The molecule has 0 aromatic heterocycles. The van der Waals surface area contributed by atoms with Crippen molar-refractivity contribution in [2.75, 3.05) is 18.1 Å². The second kappa shape index (κ2) is 7.26. The smallest absolute Gasteiger partial charge is 0.151 e. The molecule has 4 nitrogen and oxygen atoms in total. The van der Waals surface area contributed by atoms with E-state index in [2.05, 4.69) is 34.5 Å². The predicted octanol–water partition coefficient (Wildman–Crippen LogP) is 2.84. The van der Waals surface area contributed by atoms with Crippen molar-refractivity contribution in [3.8, 4) is 12.1 Å². The molecule has 27 heavy (non-hydrogen) atoms. The summed E-state index contributed by atoms with van der Waals surface area (Å²) in [4.78, 5) is 0. The van der Waals surface area contributed by atoms with Crippen LogP contribution in [0, 0.1) is 46.3 Å². The molecule has 0 amide bonds. The maximum atomic E-state index is 13.9. The van der Waals surface area contributed by atoms with Crippen molar-refractivity contribution in [1.82, 2.24) is 10.6 Å². The molecule has 4 aliphatic heterocycles. The van der Waals surface area contributed by atoms with Crippen LogP contribution >= 0.6 is 23.5 Å². The molecule has 4 heterocycles. The lowest BCUT2D eigenvalue weighted by Gasteiger charge is -2.44. The average Bonchev–Trinajstić information content (AvgIpc) is 3.36. The number of halogens is 1. The fourth-order valence-electron chi connectivity index (χ4n) is 6.27. The van der Waals surface area contributed by atoms with Gasteiger partial charge >= 0.3 is 0 Å². The zero-order valence-corrected chi connectivity index (χ0v) is 16.9. The fourth-order valence-corrected chi connectivity index (χ4v) is 10.1. The molecule has 0 radical (unpaired) electrons. The summed E-state index contributed by atoms with van der Waals surface area (Å²) in [5, 5.41) is 27.3. The largest absolute Gasteiger partial charge is 0.313 e. The van der Waals surface area contributed by atoms with Crippen LogP contribution in [-0.4, -0.2) is 46.9 Å². The number of nitrogens with zero attached hydrogens (tertiary/aromatic N) is 2. The van der Waals surface area contributed by atoms with Gasteiger partial charge in [-0.25, -0.2) is 4.39 Å². The number of alkyl halides is 1. The Morgan fingerprint density at radius 2 is 1.93 bits per heavy atom. The average molecular weight is 405 g/mol. The summed E-state index contributed by atoms with van der Waals surface area (Å²) in [7, 11) is 0. The molecule has 7 heteroatoms. The maximum Gasteiger partial charge on any atom is 0.151 e. The Morgan fingerprint density at radius 1 is 1.07 bits per heavy atom. The summed E-state index contributed by atoms with van der Waals surface area (Å²) in [6.07, 6.45) is 2.79. The number of fused-ring (bicyclic) bond motifs is 4. The Bertz CT molecular complexity index is 712. The standard InChI is InChI=1S/C20H25FN4S2/c21-16-2-1-10-8-24-15(5-14(10)25-16)13-9-27-20-18(13)17(11(6-22)7-23)12-3-4-26-19(12)20/h10,12-16,18-20,24-25H,1-5,8-9H2. The lowest BCUT2D eigenvalue weighted by Crippen LogP contribution is -2.58. The van der Waals surface area contributed by atoms with Gasteiger partial charge in [0.25, 0.3) is 0 Å². The van der Waals surface area contributed by atoms with Crippen LogP contribution in [0.3, 0.4) is 0 Å². The highest BCUT2D eigenvalue weighted by Crippen LogP contribution is 2.61. The Morgan fingerprint density at radius 3 is 2.74 bits per heavy atom. The number of hydrogen-bond donors (Lipinski definition) is 2. The minimum absolute atomic E-state index is 0.262. The van der Waals surface area contributed by atoms with E-state index >= 15 is 0 Å². The van der Waals surface area contributed by atoms with Gasteiger partial charge in [-0.15, -0.1) is 0 Å². The first kappa shape index (κ1) is 18.3. The van der Waals surface area contributed by atoms with E-state index in [9.17, 15) is 14.9 Å². The topological polar surface area (TPSA) is 71.6 Å². The minimum atomic E-state index is -0.864. The Balaban J connectivity index is 1.42. The molecule has 9 unspecified atom stereocenters. The number of piperidine rings is 2. The van der Waals surface area contributed by atoms with Gasteiger partial charge in [-0.2, -0.15) is 34.0 Å². The van der Waals surface area contributed by atoms with E-state index in [1.54, 1.807) is 0 Å². The first-order chi connectivity index (χ1) is 13.2. The third kappa shape index (κ3) is 2.94. The molecule has 4 saturated heterocycles. The summed E-state index contributed by atoms with van der Waals surface area (Å²) in [6, 6.07) is 5.04. The molecule has 2 N–H and O–H groups in total. The number of allylic oxidation sites excluding steroid dienone is 2. The Kier molecular flexibility index (Phi) is 4.92. The quantitative estimate of drug-likeness (QED) is 0.517. The molecule has 5 fully saturated rings. The molecule has 9 atom stereocenters. The van der Waals surface area contributed by atoms with Crippen molar-refractivity contribution < 1.29 is 4.39 Å². The number of nitriles is 2. The van der Waals surface area contributed by atoms with E-state index in [4.69, 9.17) is 0 Å². The highest BCUT2D eigenvalue weighted by atomic mass is 32.2. The zero-order valence-electron chi connectivity index (χ0n) is 15.2. The number of thioether (sulfide) groups is 2. The molecule has 5 rings (SSSR count). The highest BCUT2D eigenvalue weighted by Gasteiger charge is 2.58. The van der Waals surface area contributed by atoms with Crippen molar-refractivity contribution in [2.24, 2.45) is 23.7 Å². The van der Waals surface area contributed by atoms with Gasteiger partial charge in [-0.3, -0.25) is 5.32 Å². The molecule has 1 aliphatic carbocycles. The van der Waals surface area contributed by atoms with E-state index < -0.39 is 6.30 Å². The van der Waals surface area contributed by atoms with Crippen molar-refractivity contribution in [3.63, 3.8) is 0 Å². The van der Waals surface area contributed by atoms with Crippen molar-refractivity contribution in [2.45, 2.75) is 54.6 Å². The number of hydrogen-bond acceptors (Lipinski definition) is 6. The molecule has 144 valence electrons. The summed E-state index contributed by atoms with van der Waals surface area (Å²) in [5.74, 6) is 3.95. The Labute approximate surface area is 168 Å². The fraction of sp³-hybridized carbons (Fsp3) is 0.800. The molecular weight excluding hydrogens is 379 g/mol. The SMILES string of the molecule is N#CC(C#N)=C1C2CCSC2C2SCC(C3CC4NC(F)CCC4CN3)C12. The minimum Gasteiger partial charge on any atom is -0.313 e. The molecule has 0 spiro atoms. The second-order valence-corrected chi connectivity index (χ2v) is 11.1. The van der Waals surface area contributed by atoms with Crippen LogP contribution in [-0.2, 0) is 0 Å². The summed E-state index contributed by atoms with van der Waals surface area (Å²) in [5.41, 5.74) is 1.54. The Hall–Kier alpha value is -0.730. The van der Waals surface area contributed by atoms with Crippen LogP contribution in [0.15, 0.2) is 11.1 Å². The van der Waals surface area contributed by atoms with Gasteiger partial charge in [0, 0.05) is 28.5 Å². The molecule has 0 aromatic rings. The monoisotopic (exact) mass is 404 g/mol. The third-order valence-corrected chi connectivity index (χ3v) is 10.6. The predicted molar refractivity (Wildman–Crippen MR) is 107 cm³/mol. The number of nitrogens with one attached hydrogen (secondary N) is 2. The van der Waals surface area contributed by atoms with Crippen molar-refractivity contribution in [3.05, 3.63) is 11.1 Å². The molecule has 0 bridgehead atoms. The maximum absolute atomic E-state index is 13.9. The van der Waals surface area contributed by atoms with E-state index in [0.29, 0.717) is 52.2 Å². The van der Waals surface area contributed by atoms with Crippen LogP contribution in [0.4, 0.5) is 4.39 Å². The molecule has 1 saturated carbocycles. The summed E-state index contributed by atoms with van der Waals surface area (Å²) in [6.45, 7) is 0.956. The summed E-state index contributed by atoms with van der Waals surface area (Å²) < 4.78 is 13.9. The summed E-state index contributed by atoms with van der Waals surface area (Å²) >= 11 is 4.10. The van der Waals surface area contributed by atoms with Crippen LogP contribution < -0.4 is 10.6 Å². The van der Waals surface area contributed by atoms with Gasteiger partial charge in [0.1, 0.15) is 17.7 Å². The first-order valence-electron chi connectivity index (χ1n) is 10.1. The van der Waals surface area contributed by atoms with Crippen LogP contribution in [0.5, 0.6) is 0 Å². The van der Waals surface area contributed by atoms with Crippen molar-refractivity contribution >= 4 is 23.5 Å². The third-order valence-electron chi connectivity index (χ3n) is 7.45. The van der Waals surface area contributed by atoms with Gasteiger partial charge in [0.15, 0.2) is 6.30 Å². The van der Waals surface area contributed by atoms with Crippen LogP contribution in [0.1, 0.15) is 25.7 Å². The molecule has 5 aliphatic rings. The van der Waals surface area contributed by atoms with Crippen LogP contribution in [0.2, 0.25) is 0 Å². The van der Waals surface area contributed by atoms with Crippen molar-refractivity contribution in [1.29, 1.82) is 10.5 Å². The first-order valence-corrected chi connectivity index (χ1v) is 12.2. The van der Waals surface area contributed by atoms with Gasteiger partial charge < -0.3 is 5.32 Å². The highest BCUT2D eigenvalue weighted by molar-refractivity contribution is 8.04. The van der Waals surface area contributed by atoms with E-state index in [1.807, 2.05) is 11.8 Å². The van der Waals surface area contributed by atoms with E-state index in [0.717, 1.165) is 37.3 Å². The zero-order chi connectivity index (χ0) is 18.5. The molecular formula is C20H25FN4S2.